The number of rotatable bonds is 5. The van der Waals surface area contributed by atoms with Gasteiger partial charge in [-0.1, -0.05) is 13.8 Å². The van der Waals surface area contributed by atoms with Crippen LogP contribution in [-0.2, 0) is 0 Å². The van der Waals surface area contributed by atoms with Gasteiger partial charge in [-0.05, 0) is 48.9 Å². The number of carbonyl (C=O) groups is 1. The van der Waals surface area contributed by atoms with Crippen LogP contribution in [0.4, 0.5) is 0 Å². The molecule has 1 aromatic heterocycles. The van der Waals surface area contributed by atoms with E-state index in [9.17, 15) is 4.79 Å². The lowest BCUT2D eigenvalue weighted by Crippen LogP contribution is -2.50. The topological polar surface area (TPSA) is 33.5 Å². The van der Waals surface area contributed by atoms with Crippen LogP contribution in [0.3, 0.4) is 0 Å². The highest BCUT2D eigenvalue weighted by molar-refractivity contribution is 9.10. The summed E-state index contributed by atoms with van der Waals surface area (Å²) in [5.41, 5.74) is -0.472. The first kappa shape index (κ1) is 13.5. The third kappa shape index (κ3) is 2.09. The molecule has 0 spiro atoms. The van der Waals surface area contributed by atoms with Gasteiger partial charge in [0, 0.05) is 0 Å². The third-order valence-corrected chi connectivity index (χ3v) is 3.90. The van der Waals surface area contributed by atoms with Crippen molar-refractivity contribution in [3.8, 4) is 0 Å². The minimum absolute atomic E-state index is 0.0411. The SMILES string of the molecule is CCC(CC)(C(=O)c1occc1Br)N(C)C. The van der Waals surface area contributed by atoms with E-state index in [1.807, 2.05) is 32.8 Å². The maximum Gasteiger partial charge on any atom is 0.219 e. The summed E-state index contributed by atoms with van der Waals surface area (Å²) in [6, 6.07) is 1.75. The number of ketones is 1. The summed E-state index contributed by atoms with van der Waals surface area (Å²) in [5, 5.41) is 0. The highest BCUT2D eigenvalue weighted by Gasteiger charge is 2.40. The zero-order valence-electron chi connectivity index (χ0n) is 10.2. The van der Waals surface area contributed by atoms with Gasteiger partial charge in [-0.15, -0.1) is 0 Å². The molecule has 16 heavy (non-hydrogen) atoms. The molecule has 0 aliphatic carbocycles. The molecule has 1 rings (SSSR count). The standard InChI is InChI=1S/C12H18BrNO2/c1-5-12(6-2,14(3)4)11(15)10-9(13)7-8-16-10/h7-8H,5-6H2,1-4H3. The Morgan fingerprint density at radius 2 is 2.00 bits per heavy atom. The molecule has 90 valence electrons. The Bertz CT molecular complexity index is 367. The van der Waals surface area contributed by atoms with Gasteiger partial charge in [0.25, 0.3) is 0 Å². The molecule has 0 fully saturated rings. The van der Waals surface area contributed by atoms with E-state index in [0.29, 0.717) is 5.76 Å². The number of hydrogen-bond donors (Lipinski definition) is 0. The molecule has 0 saturated carbocycles. The molecule has 0 aliphatic rings. The van der Waals surface area contributed by atoms with Gasteiger partial charge < -0.3 is 4.42 Å². The summed E-state index contributed by atoms with van der Waals surface area (Å²) in [6.45, 7) is 4.05. The molecule has 0 radical (unpaired) electrons. The molecule has 1 heterocycles. The summed E-state index contributed by atoms with van der Waals surface area (Å²) < 4.78 is 5.99. The van der Waals surface area contributed by atoms with E-state index in [1.165, 1.54) is 6.26 Å². The molecule has 0 unspecified atom stereocenters. The largest absolute Gasteiger partial charge is 0.460 e. The van der Waals surface area contributed by atoms with Crippen LogP contribution in [0.25, 0.3) is 0 Å². The quantitative estimate of drug-likeness (QED) is 0.779. The van der Waals surface area contributed by atoms with Crippen LogP contribution in [0.15, 0.2) is 21.2 Å². The molecular weight excluding hydrogens is 270 g/mol. The molecule has 0 aliphatic heterocycles. The van der Waals surface area contributed by atoms with Crippen LogP contribution in [-0.4, -0.2) is 30.3 Å². The van der Waals surface area contributed by atoms with Crippen molar-refractivity contribution in [3.05, 3.63) is 22.6 Å². The fourth-order valence-electron chi connectivity index (χ4n) is 2.07. The van der Waals surface area contributed by atoms with Gasteiger partial charge in [0.05, 0.1) is 16.3 Å². The van der Waals surface area contributed by atoms with E-state index in [4.69, 9.17) is 4.42 Å². The maximum atomic E-state index is 12.5. The third-order valence-electron chi connectivity index (χ3n) is 3.27. The highest BCUT2D eigenvalue weighted by atomic mass is 79.9. The van der Waals surface area contributed by atoms with Crippen LogP contribution in [0.1, 0.15) is 37.2 Å². The summed E-state index contributed by atoms with van der Waals surface area (Å²) in [5.74, 6) is 0.455. The number of halogens is 1. The van der Waals surface area contributed by atoms with E-state index in [1.54, 1.807) is 6.07 Å². The van der Waals surface area contributed by atoms with Gasteiger partial charge in [0.1, 0.15) is 0 Å². The van der Waals surface area contributed by atoms with Gasteiger partial charge >= 0.3 is 0 Å². The number of Topliss-reactive ketones (excluding diaryl/α,β-unsaturated/α-hetero) is 1. The lowest BCUT2D eigenvalue weighted by molar-refractivity contribution is 0.0624. The molecule has 1 aromatic rings. The molecule has 0 saturated heterocycles. The van der Waals surface area contributed by atoms with Crippen molar-refractivity contribution >= 4 is 21.7 Å². The van der Waals surface area contributed by atoms with E-state index >= 15 is 0 Å². The molecule has 0 N–H and O–H groups in total. The van der Waals surface area contributed by atoms with Crippen LogP contribution in [0.2, 0.25) is 0 Å². The minimum atomic E-state index is -0.472. The second kappa shape index (κ2) is 5.15. The lowest BCUT2D eigenvalue weighted by atomic mass is 9.85. The van der Waals surface area contributed by atoms with Crippen molar-refractivity contribution in [1.82, 2.24) is 4.90 Å². The second-order valence-corrected chi connectivity index (χ2v) is 4.91. The van der Waals surface area contributed by atoms with Gasteiger partial charge in [-0.3, -0.25) is 9.69 Å². The zero-order chi connectivity index (χ0) is 12.3. The highest BCUT2D eigenvalue weighted by Crippen LogP contribution is 2.30. The van der Waals surface area contributed by atoms with Gasteiger partial charge in [-0.25, -0.2) is 0 Å². The number of furan rings is 1. The normalized spacial score (nSPS) is 12.1. The molecule has 0 amide bonds. The molecular formula is C12H18BrNO2. The average Bonchev–Trinajstić information content (AvgIpc) is 2.66. The Kier molecular flexibility index (Phi) is 4.33. The first-order valence-electron chi connectivity index (χ1n) is 5.44. The van der Waals surface area contributed by atoms with Gasteiger partial charge in [-0.2, -0.15) is 0 Å². The van der Waals surface area contributed by atoms with Crippen molar-refractivity contribution in [2.24, 2.45) is 0 Å². The smallest absolute Gasteiger partial charge is 0.219 e. The fourth-order valence-corrected chi connectivity index (χ4v) is 2.46. The van der Waals surface area contributed by atoms with Crippen molar-refractivity contribution in [2.75, 3.05) is 14.1 Å². The summed E-state index contributed by atoms with van der Waals surface area (Å²) >= 11 is 3.33. The predicted octanol–water partition coefficient (Wildman–Crippen LogP) is 3.35. The van der Waals surface area contributed by atoms with E-state index in [2.05, 4.69) is 15.9 Å². The van der Waals surface area contributed by atoms with Crippen molar-refractivity contribution in [3.63, 3.8) is 0 Å². The number of likely N-dealkylation sites (N-methyl/N-ethyl adjacent to an activating group) is 1. The first-order chi connectivity index (χ1) is 7.49. The minimum Gasteiger partial charge on any atom is -0.460 e. The molecule has 3 nitrogen and oxygen atoms in total. The van der Waals surface area contributed by atoms with E-state index in [-0.39, 0.29) is 5.78 Å². The monoisotopic (exact) mass is 287 g/mol. The van der Waals surface area contributed by atoms with Crippen LogP contribution >= 0.6 is 15.9 Å². The molecule has 0 bridgehead atoms. The van der Waals surface area contributed by atoms with Crippen LogP contribution < -0.4 is 0 Å². The predicted molar refractivity (Wildman–Crippen MR) is 67.7 cm³/mol. The van der Waals surface area contributed by atoms with Gasteiger partial charge in [0.2, 0.25) is 5.78 Å². The Balaban J connectivity index is 3.15. The maximum absolute atomic E-state index is 12.5. The first-order valence-corrected chi connectivity index (χ1v) is 6.24. The zero-order valence-corrected chi connectivity index (χ0v) is 11.8. The fraction of sp³-hybridized carbons (Fsp3) is 0.583. The van der Waals surface area contributed by atoms with Crippen molar-refractivity contribution < 1.29 is 9.21 Å². The summed E-state index contributed by atoms with van der Waals surface area (Å²) in [7, 11) is 3.86. The average molecular weight is 288 g/mol. The van der Waals surface area contributed by atoms with E-state index < -0.39 is 5.54 Å². The Morgan fingerprint density at radius 3 is 2.31 bits per heavy atom. The van der Waals surface area contributed by atoms with Crippen LogP contribution in [0.5, 0.6) is 0 Å². The second-order valence-electron chi connectivity index (χ2n) is 4.06. The van der Waals surface area contributed by atoms with Crippen LogP contribution in [0, 0.1) is 0 Å². The molecule has 0 aromatic carbocycles. The number of hydrogen-bond acceptors (Lipinski definition) is 3. The molecule has 0 atom stereocenters. The summed E-state index contributed by atoms with van der Waals surface area (Å²) in [6.07, 6.45) is 3.06. The molecule has 4 heteroatoms. The van der Waals surface area contributed by atoms with E-state index in [0.717, 1.165) is 17.3 Å². The summed E-state index contributed by atoms with van der Waals surface area (Å²) in [4.78, 5) is 14.5. The Hall–Kier alpha value is -0.610. The number of carbonyl (C=O) groups excluding carboxylic acids is 1. The lowest BCUT2D eigenvalue weighted by Gasteiger charge is -2.36. The Morgan fingerprint density at radius 1 is 1.44 bits per heavy atom. The van der Waals surface area contributed by atoms with Crippen molar-refractivity contribution in [2.45, 2.75) is 32.2 Å². The van der Waals surface area contributed by atoms with Crippen molar-refractivity contribution in [1.29, 1.82) is 0 Å². The Labute approximate surface area is 105 Å². The number of nitrogens with zero attached hydrogens (tertiary/aromatic N) is 1. The van der Waals surface area contributed by atoms with Gasteiger partial charge in [0.15, 0.2) is 5.76 Å².